The van der Waals surface area contributed by atoms with Crippen molar-refractivity contribution in [3.05, 3.63) is 54.1 Å². The fourth-order valence-electron chi connectivity index (χ4n) is 2.85. The second-order valence-corrected chi connectivity index (χ2v) is 6.35. The molecule has 30 heavy (non-hydrogen) atoms. The lowest BCUT2D eigenvalue weighted by Gasteiger charge is -2.28. The van der Waals surface area contributed by atoms with Gasteiger partial charge in [-0.25, -0.2) is 0 Å². The van der Waals surface area contributed by atoms with Crippen LogP contribution in [0.4, 0.5) is 11.4 Å². The number of rotatable bonds is 7. The van der Waals surface area contributed by atoms with Gasteiger partial charge in [-0.1, -0.05) is 12.1 Å². The van der Waals surface area contributed by atoms with E-state index in [-0.39, 0.29) is 12.5 Å². The van der Waals surface area contributed by atoms with Crippen LogP contribution < -0.4 is 20.3 Å². The van der Waals surface area contributed by atoms with Crippen molar-refractivity contribution < 1.29 is 28.7 Å². The van der Waals surface area contributed by atoms with Crippen molar-refractivity contribution in [3.8, 4) is 5.75 Å². The Morgan fingerprint density at radius 2 is 1.83 bits per heavy atom. The summed E-state index contributed by atoms with van der Waals surface area (Å²) in [6, 6.07) is 13.3. The van der Waals surface area contributed by atoms with E-state index in [9.17, 15) is 19.2 Å². The number of esters is 1. The van der Waals surface area contributed by atoms with Gasteiger partial charge in [-0.05, 0) is 43.3 Å². The number of hydrogen-bond acceptors (Lipinski definition) is 6. The highest BCUT2D eigenvalue weighted by Crippen LogP contribution is 2.28. The monoisotopic (exact) mass is 411 g/mol. The SMILES string of the molecule is CCOc1ccc(C(=O)NCC(=O)OCC(=O)N2CC(=O)Nc3ccccc32)cc1. The number of hydrogen-bond donors (Lipinski definition) is 2. The van der Waals surface area contributed by atoms with Crippen molar-refractivity contribution >= 4 is 35.1 Å². The molecule has 1 aliphatic heterocycles. The molecular formula is C21H21N3O6. The first-order chi connectivity index (χ1) is 14.5. The van der Waals surface area contributed by atoms with Crippen LogP contribution in [0.1, 0.15) is 17.3 Å². The number of carbonyl (C=O) groups is 4. The lowest BCUT2D eigenvalue weighted by molar-refractivity contribution is -0.146. The quantitative estimate of drug-likeness (QED) is 0.665. The highest BCUT2D eigenvalue weighted by atomic mass is 16.5. The third-order valence-electron chi connectivity index (χ3n) is 4.25. The van der Waals surface area contributed by atoms with Gasteiger partial charge in [0, 0.05) is 5.56 Å². The largest absolute Gasteiger partial charge is 0.494 e. The van der Waals surface area contributed by atoms with E-state index < -0.39 is 30.9 Å². The minimum atomic E-state index is -0.766. The Bertz CT molecular complexity index is 957. The molecule has 0 spiro atoms. The molecule has 3 amide bonds. The van der Waals surface area contributed by atoms with E-state index in [0.717, 1.165) is 0 Å². The molecule has 3 rings (SSSR count). The lowest BCUT2D eigenvalue weighted by Crippen LogP contribution is -2.44. The second kappa shape index (κ2) is 9.55. The van der Waals surface area contributed by atoms with Crippen LogP contribution in [0.25, 0.3) is 0 Å². The molecule has 9 nitrogen and oxygen atoms in total. The smallest absolute Gasteiger partial charge is 0.325 e. The number of fused-ring (bicyclic) bond motifs is 1. The van der Waals surface area contributed by atoms with E-state index in [1.165, 1.54) is 4.90 Å². The van der Waals surface area contributed by atoms with Crippen molar-refractivity contribution in [2.45, 2.75) is 6.92 Å². The van der Waals surface area contributed by atoms with Gasteiger partial charge in [-0.15, -0.1) is 0 Å². The first-order valence-electron chi connectivity index (χ1n) is 9.34. The van der Waals surface area contributed by atoms with Crippen LogP contribution in [0.2, 0.25) is 0 Å². The number of carbonyl (C=O) groups excluding carboxylic acids is 4. The van der Waals surface area contributed by atoms with Crippen molar-refractivity contribution in [3.63, 3.8) is 0 Å². The van der Waals surface area contributed by atoms with Crippen molar-refractivity contribution in [2.24, 2.45) is 0 Å². The molecule has 0 bridgehead atoms. The number of para-hydroxylation sites is 2. The lowest BCUT2D eigenvalue weighted by atomic mass is 10.2. The number of benzene rings is 2. The Hall–Kier alpha value is -3.88. The summed E-state index contributed by atoms with van der Waals surface area (Å²) in [6.07, 6.45) is 0. The summed E-state index contributed by atoms with van der Waals surface area (Å²) in [5, 5.41) is 5.11. The minimum absolute atomic E-state index is 0.165. The molecule has 0 aromatic heterocycles. The normalized spacial score (nSPS) is 12.4. The summed E-state index contributed by atoms with van der Waals surface area (Å²) in [4.78, 5) is 49.5. The van der Waals surface area contributed by atoms with E-state index in [1.54, 1.807) is 48.5 Å². The highest BCUT2D eigenvalue weighted by molar-refractivity contribution is 6.10. The molecule has 0 aliphatic carbocycles. The molecule has 2 aromatic rings. The van der Waals surface area contributed by atoms with E-state index >= 15 is 0 Å². The Morgan fingerprint density at radius 3 is 2.57 bits per heavy atom. The van der Waals surface area contributed by atoms with Gasteiger partial charge in [0.25, 0.3) is 11.8 Å². The average Bonchev–Trinajstić information content (AvgIpc) is 2.76. The first-order valence-corrected chi connectivity index (χ1v) is 9.34. The van der Waals surface area contributed by atoms with E-state index in [2.05, 4.69) is 10.6 Å². The summed E-state index contributed by atoms with van der Waals surface area (Å²) in [5.41, 5.74) is 1.40. The molecule has 0 fully saturated rings. The zero-order valence-corrected chi connectivity index (χ0v) is 16.3. The molecular weight excluding hydrogens is 390 g/mol. The van der Waals surface area contributed by atoms with Crippen LogP contribution in [0.5, 0.6) is 5.75 Å². The zero-order chi connectivity index (χ0) is 21.5. The number of nitrogens with one attached hydrogen (secondary N) is 2. The fourth-order valence-corrected chi connectivity index (χ4v) is 2.85. The molecule has 0 saturated heterocycles. The molecule has 0 unspecified atom stereocenters. The standard InChI is InChI=1S/C21H21N3O6/c1-2-29-15-9-7-14(8-10-15)21(28)22-11-20(27)30-13-19(26)24-12-18(25)23-16-5-3-4-6-17(16)24/h3-10H,2,11-13H2,1H3,(H,22,28)(H,23,25). The summed E-state index contributed by atoms with van der Waals surface area (Å²) in [5.74, 6) is -1.46. The van der Waals surface area contributed by atoms with Gasteiger partial charge in [0.15, 0.2) is 6.61 Å². The zero-order valence-electron chi connectivity index (χ0n) is 16.3. The van der Waals surface area contributed by atoms with Crippen LogP contribution in [0.3, 0.4) is 0 Å². The Morgan fingerprint density at radius 1 is 1.10 bits per heavy atom. The first kappa shape index (κ1) is 20.8. The van der Waals surface area contributed by atoms with Gasteiger partial charge in [-0.2, -0.15) is 0 Å². The number of amides is 3. The number of ether oxygens (including phenoxy) is 2. The molecule has 156 valence electrons. The maximum Gasteiger partial charge on any atom is 0.325 e. The van der Waals surface area contributed by atoms with Gasteiger partial charge < -0.3 is 20.1 Å². The molecule has 2 aromatic carbocycles. The van der Waals surface area contributed by atoms with E-state index in [1.807, 2.05) is 6.92 Å². The molecule has 9 heteroatoms. The summed E-state index contributed by atoms with van der Waals surface area (Å²) in [6.45, 7) is 1.28. The molecule has 0 radical (unpaired) electrons. The summed E-state index contributed by atoms with van der Waals surface area (Å²) in [7, 11) is 0. The van der Waals surface area contributed by atoms with Gasteiger partial charge >= 0.3 is 5.97 Å². The molecule has 2 N–H and O–H groups in total. The molecule has 0 atom stereocenters. The number of nitrogens with zero attached hydrogens (tertiary/aromatic N) is 1. The van der Waals surface area contributed by atoms with Crippen LogP contribution in [-0.4, -0.2) is 50.0 Å². The Balaban J connectivity index is 1.48. The molecule has 1 aliphatic rings. The van der Waals surface area contributed by atoms with Crippen molar-refractivity contribution in [1.29, 1.82) is 0 Å². The third kappa shape index (κ3) is 5.13. The molecule has 0 saturated carbocycles. The predicted molar refractivity (Wildman–Crippen MR) is 108 cm³/mol. The van der Waals surface area contributed by atoms with Crippen LogP contribution in [0, 0.1) is 0 Å². The van der Waals surface area contributed by atoms with Crippen molar-refractivity contribution in [2.75, 3.05) is 36.5 Å². The Kier molecular flexibility index (Phi) is 6.63. The maximum atomic E-state index is 12.4. The van der Waals surface area contributed by atoms with Gasteiger partial charge in [0.05, 0.1) is 18.0 Å². The summed E-state index contributed by atoms with van der Waals surface area (Å²) < 4.78 is 10.3. The summed E-state index contributed by atoms with van der Waals surface area (Å²) >= 11 is 0. The van der Waals surface area contributed by atoms with Crippen molar-refractivity contribution in [1.82, 2.24) is 5.32 Å². The van der Waals surface area contributed by atoms with Crippen LogP contribution >= 0.6 is 0 Å². The molecule has 1 heterocycles. The third-order valence-corrected chi connectivity index (χ3v) is 4.25. The topological polar surface area (TPSA) is 114 Å². The van der Waals surface area contributed by atoms with E-state index in [0.29, 0.717) is 29.3 Å². The van der Waals surface area contributed by atoms with Crippen LogP contribution in [0.15, 0.2) is 48.5 Å². The van der Waals surface area contributed by atoms with E-state index in [4.69, 9.17) is 9.47 Å². The minimum Gasteiger partial charge on any atom is -0.494 e. The van der Waals surface area contributed by atoms with Gasteiger partial charge in [-0.3, -0.25) is 24.1 Å². The second-order valence-electron chi connectivity index (χ2n) is 6.35. The highest BCUT2D eigenvalue weighted by Gasteiger charge is 2.27. The maximum absolute atomic E-state index is 12.4. The van der Waals surface area contributed by atoms with Gasteiger partial charge in [0.2, 0.25) is 5.91 Å². The fraction of sp³-hybridized carbons (Fsp3) is 0.238. The van der Waals surface area contributed by atoms with Gasteiger partial charge in [0.1, 0.15) is 18.8 Å². The number of anilines is 2. The van der Waals surface area contributed by atoms with Crippen LogP contribution in [-0.2, 0) is 19.1 Å². The Labute approximate surface area is 172 Å². The average molecular weight is 411 g/mol. The predicted octanol–water partition coefficient (Wildman–Crippen LogP) is 1.34.